The van der Waals surface area contributed by atoms with Crippen LogP contribution in [0.5, 0.6) is 17.2 Å². The summed E-state index contributed by atoms with van der Waals surface area (Å²) < 4.78 is 83.6. The van der Waals surface area contributed by atoms with Crippen LogP contribution in [0.4, 0.5) is 18.9 Å². The first-order valence-electron chi connectivity index (χ1n) is 12.5. The maximum Gasteiger partial charge on any atom is 0.573 e. The Bertz CT molecular complexity index is 1680. The third kappa shape index (κ3) is 5.69. The second kappa shape index (κ2) is 11.6. The highest BCUT2D eigenvalue weighted by molar-refractivity contribution is 7.93. The van der Waals surface area contributed by atoms with Crippen molar-refractivity contribution in [2.75, 3.05) is 32.6 Å². The number of anilines is 1. The van der Waals surface area contributed by atoms with Crippen LogP contribution in [-0.4, -0.2) is 65.9 Å². The van der Waals surface area contributed by atoms with Crippen molar-refractivity contribution in [3.63, 3.8) is 0 Å². The van der Waals surface area contributed by atoms with Crippen LogP contribution in [-0.2, 0) is 25.2 Å². The minimum Gasteiger partial charge on any atom is -0.497 e. The molecule has 2 atom stereocenters. The number of methoxy groups -OCH3 is 2. The molecule has 3 aromatic carbocycles. The van der Waals surface area contributed by atoms with Gasteiger partial charge in [0, 0.05) is 36.3 Å². The van der Waals surface area contributed by atoms with Crippen LogP contribution in [0.25, 0.3) is 0 Å². The van der Waals surface area contributed by atoms with Gasteiger partial charge >= 0.3 is 6.36 Å². The third-order valence-corrected chi connectivity index (χ3v) is 8.71. The number of sulfonamides is 1. The van der Waals surface area contributed by atoms with E-state index < -0.39 is 50.4 Å². The van der Waals surface area contributed by atoms with E-state index in [9.17, 15) is 31.2 Å². The van der Waals surface area contributed by atoms with E-state index >= 15 is 0 Å². The lowest BCUT2D eigenvalue weighted by atomic mass is 9.82. The van der Waals surface area contributed by atoms with Gasteiger partial charge in [-0.05, 0) is 43.3 Å². The van der Waals surface area contributed by atoms with Crippen LogP contribution in [0.2, 0.25) is 5.02 Å². The molecular formula is C28H27ClF3N3O7S. The average Bonchev–Trinajstić information content (AvgIpc) is 3.19. The van der Waals surface area contributed by atoms with Crippen molar-refractivity contribution >= 4 is 39.1 Å². The van der Waals surface area contributed by atoms with Crippen molar-refractivity contribution in [3.8, 4) is 17.2 Å². The summed E-state index contributed by atoms with van der Waals surface area (Å²) in [5.74, 6) is -2.69. The largest absolute Gasteiger partial charge is 0.573 e. The summed E-state index contributed by atoms with van der Waals surface area (Å²) in [7, 11) is 0.385. The predicted octanol–water partition coefficient (Wildman–Crippen LogP) is 4.30. The Labute approximate surface area is 250 Å². The van der Waals surface area contributed by atoms with Crippen LogP contribution in [0.15, 0.2) is 65.6 Å². The normalized spacial score (nSPS) is 17.3. The van der Waals surface area contributed by atoms with Gasteiger partial charge in [-0.2, -0.15) is 0 Å². The minimum atomic E-state index is -5.28. The molecule has 0 aliphatic carbocycles. The van der Waals surface area contributed by atoms with Crippen molar-refractivity contribution in [3.05, 3.63) is 76.8 Å². The lowest BCUT2D eigenvalue weighted by molar-refractivity contribution is -0.275. The Morgan fingerprint density at radius 3 is 2.28 bits per heavy atom. The fourth-order valence-electron chi connectivity index (χ4n) is 4.94. The van der Waals surface area contributed by atoms with Crippen molar-refractivity contribution in [2.24, 2.45) is 0 Å². The summed E-state index contributed by atoms with van der Waals surface area (Å²) in [4.78, 5) is 28.0. The smallest absolute Gasteiger partial charge is 0.497 e. The van der Waals surface area contributed by atoms with E-state index in [1.165, 1.54) is 70.5 Å². The highest BCUT2D eigenvalue weighted by Crippen LogP contribution is 2.51. The van der Waals surface area contributed by atoms with Gasteiger partial charge in [0.05, 0.1) is 25.9 Å². The number of carbonyl (C=O) groups is 2. The number of alkyl halides is 3. The molecule has 1 aliphatic heterocycles. The van der Waals surface area contributed by atoms with E-state index in [0.717, 1.165) is 18.2 Å². The first-order valence-corrected chi connectivity index (χ1v) is 14.4. The highest BCUT2D eigenvalue weighted by atomic mass is 35.5. The van der Waals surface area contributed by atoms with Crippen molar-refractivity contribution < 1.29 is 45.4 Å². The number of para-hydroxylation sites is 1. The van der Waals surface area contributed by atoms with Crippen LogP contribution >= 0.6 is 11.6 Å². The number of nitrogens with zero attached hydrogens (tertiary/aromatic N) is 2. The number of benzene rings is 3. The third-order valence-electron chi connectivity index (χ3n) is 6.74. The molecular weight excluding hydrogens is 615 g/mol. The second-order valence-corrected chi connectivity index (χ2v) is 11.8. The average molecular weight is 642 g/mol. The van der Waals surface area contributed by atoms with Gasteiger partial charge in [0.2, 0.25) is 5.91 Å². The zero-order valence-corrected chi connectivity index (χ0v) is 25.1. The summed E-state index contributed by atoms with van der Waals surface area (Å²) in [5.41, 5.74) is -2.18. The van der Waals surface area contributed by atoms with Gasteiger partial charge < -0.3 is 19.1 Å². The standard InChI is InChI=1S/C28H27ClF3N3O7S/c1-16(25(36)34(2)3)33-27(19-8-6-7-9-22(19)41-5)20-14-17(29)10-12-21(20)35(26(27)37)43(38,39)24-13-11-18(40-4)15-23(24)42-28(30,31)32/h6-16,33H,1-5H3/t16-,27?/m1/s1. The van der Waals surface area contributed by atoms with Gasteiger partial charge in [-0.25, -0.2) is 12.7 Å². The van der Waals surface area contributed by atoms with Crippen LogP contribution in [0.1, 0.15) is 18.1 Å². The topological polar surface area (TPSA) is 114 Å². The van der Waals surface area contributed by atoms with Gasteiger partial charge in [-0.15, -0.1) is 13.2 Å². The summed E-state index contributed by atoms with van der Waals surface area (Å²) in [6.45, 7) is 1.48. The molecule has 0 fully saturated rings. The fraction of sp³-hybridized carbons (Fsp3) is 0.286. The Balaban J connectivity index is 2.05. The molecule has 10 nitrogen and oxygen atoms in total. The lowest BCUT2D eigenvalue weighted by Crippen LogP contribution is -2.58. The Hall–Kier alpha value is -4.01. The second-order valence-electron chi connectivity index (χ2n) is 9.65. The molecule has 3 aromatic rings. The Kier molecular flexibility index (Phi) is 8.60. The summed E-state index contributed by atoms with van der Waals surface area (Å²) in [6.07, 6.45) is -5.28. The first-order chi connectivity index (χ1) is 20.1. The molecule has 15 heteroatoms. The number of fused-ring (bicyclic) bond motifs is 1. The monoisotopic (exact) mass is 641 g/mol. The van der Waals surface area contributed by atoms with Gasteiger partial charge in [0.15, 0.2) is 11.3 Å². The molecule has 43 heavy (non-hydrogen) atoms. The van der Waals surface area contributed by atoms with Gasteiger partial charge in [-0.3, -0.25) is 14.9 Å². The summed E-state index contributed by atoms with van der Waals surface area (Å²) in [6, 6.07) is 11.8. The highest BCUT2D eigenvalue weighted by Gasteiger charge is 2.58. The molecule has 0 bridgehead atoms. The number of rotatable bonds is 9. The number of halogens is 4. The minimum absolute atomic E-state index is 0.0169. The molecule has 0 radical (unpaired) electrons. The fourth-order valence-corrected chi connectivity index (χ4v) is 6.68. The van der Waals surface area contributed by atoms with Crippen LogP contribution < -0.4 is 23.8 Å². The SMILES string of the molecule is COc1ccc(S(=O)(=O)N2C(=O)C(N[C@H](C)C(=O)N(C)C)(c3ccccc3OC)c3cc(Cl)ccc32)c(OC(F)(F)F)c1. The lowest BCUT2D eigenvalue weighted by Gasteiger charge is -2.34. The van der Waals surface area contributed by atoms with Crippen LogP contribution in [0.3, 0.4) is 0 Å². The summed E-state index contributed by atoms with van der Waals surface area (Å²) in [5, 5.41) is 3.12. The maximum atomic E-state index is 14.7. The van der Waals surface area contributed by atoms with Crippen molar-refractivity contribution in [1.29, 1.82) is 0 Å². The van der Waals surface area contributed by atoms with E-state index in [0.29, 0.717) is 4.31 Å². The van der Waals surface area contributed by atoms with E-state index in [2.05, 4.69) is 10.1 Å². The molecule has 1 aliphatic rings. The maximum absolute atomic E-state index is 14.7. The molecule has 2 amide bonds. The molecule has 4 rings (SSSR count). The molecule has 1 unspecified atom stereocenters. The van der Waals surface area contributed by atoms with E-state index in [4.69, 9.17) is 21.1 Å². The quantitative estimate of drug-likeness (QED) is 0.368. The Morgan fingerprint density at radius 1 is 1.00 bits per heavy atom. The number of hydrogen-bond donors (Lipinski definition) is 1. The van der Waals surface area contributed by atoms with E-state index in [1.54, 1.807) is 12.1 Å². The number of hydrogen-bond acceptors (Lipinski definition) is 8. The number of ether oxygens (including phenoxy) is 3. The van der Waals surface area contributed by atoms with Gasteiger partial charge in [0.1, 0.15) is 16.4 Å². The van der Waals surface area contributed by atoms with E-state index in [-0.39, 0.29) is 33.3 Å². The molecule has 230 valence electrons. The zero-order chi connectivity index (χ0) is 31.9. The van der Waals surface area contributed by atoms with Gasteiger partial charge in [-0.1, -0.05) is 29.8 Å². The molecule has 0 saturated heterocycles. The number of nitrogens with one attached hydrogen (secondary N) is 1. The predicted molar refractivity (Wildman–Crippen MR) is 151 cm³/mol. The number of carbonyl (C=O) groups excluding carboxylic acids is 2. The molecule has 0 aromatic heterocycles. The van der Waals surface area contributed by atoms with Crippen LogP contribution in [0, 0.1) is 0 Å². The first kappa shape index (κ1) is 31.9. The molecule has 0 spiro atoms. The molecule has 0 saturated carbocycles. The number of likely N-dealkylation sites (N-methyl/N-ethyl adjacent to an activating group) is 1. The molecule has 1 N–H and O–H groups in total. The zero-order valence-electron chi connectivity index (χ0n) is 23.5. The summed E-state index contributed by atoms with van der Waals surface area (Å²) >= 11 is 6.35. The Morgan fingerprint density at radius 2 is 1.67 bits per heavy atom. The van der Waals surface area contributed by atoms with Gasteiger partial charge in [0.25, 0.3) is 15.9 Å². The van der Waals surface area contributed by atoms with Crippen molar-refractivity contribution in [1.82, 2.24) is 10.2 Å². The molecule has 1 heterocycles. The van der Waals surface area contributed by atoms with Crippen molar-refractivity contribution in [2.45, 2.75) is 29.8 Å². The van der Waals surface area contributed by atoms with E-state index in [1.807, 2.05) is 0 Å². The number of amides is 2.